The minimum atomic E-state index is -0.379. The number of amides is 1. The van der Waals surface area contributed by atoms with Crippen LogP contribution in [0.3, 0.4) is 0 Å². The van der Waals surface area contributed by atoms with Crippen LogP contribution in [0.5, 0.6) is 0 Å². The van der Waals surface area contributed by atoms with Gasteiger partial charge in [0.05, 0.1) is 6.61 Å². The Morgan fingerprint density at radius 2 is 2.09 bits per heavy atom. The van der Waals surface area contributed by atoms with Gasteiger partial charge in [-0.05, 0) is 31.0 Å². The van der Waals surface area contributed by atoms with Crippen LogP contribution in [0.25, 0.3) is 0 Å². The van der Waals surface area contributed by atoms with Crippen LogP contribution in [0, 0.1) is 0 Å². The Labute approximate surface area is 139 Å². The molecule has 0 aliphatic rings. The number of carbonyl (C=O) groups is 2. The standard InChI is InChI=1S/C16H18ClN3O3/c1-3-11-5-6-12(9-13(11)17)16(22)18-14-7-8-20(19-14)10-15(21)23-4-2/h5-9H,3-4,10H2,1-2H3,(H,18,19,22). The molecule has 0 fully saturated rings. The summed E-state index contributed by atoms with van der Waals surface area (Å²) >= 11 is 6.12. The zero-order valence-corrected chi connectivity index (χ0v) is 13.8. The van der Waals surface area contributed by atoms with E-state index in [0.717, 1.165) is 12.0 Å². The monoisotopic (exact) mass is 335 g/mol. The zero-order valence-electron chi connectivity index (χ0n) is 13.0. The molecule has 0 saturated heterocycles. The van der Waals surface area contributed by atoms with Crippen molar-refractivity contribution in [1.82, 2.24) is 9.78 Å². The fourth-order valence-corrected chi connectivity index (χ4v) is 2.33. The van der Waals surface area contributed by atoms with Gasteiger partial charge in [-0.1, -0.05) is 24.6 Å². The maximum Gasteiger partial charge on any atom is 0.327 e. The largest absolute Gasteiger partial charge is 0.465 e. The number of anilines is 1. The van der Waals surface area contributed by atoms with Crippen molar-refractivity contribution in [3.63, 3.8) is 0 Å². The number of halogens is 1. The van der Waals surface area contributed by atoms with E-state index in [9.17, 15) is 9.59 Å². The van der Waals surface area contributed by atoms with Gasteiger partial charge in [-0.25, -0.2) is 0 Å². The third-order valence-electron chi connectivity index (χ3n) is 3.17. The highest BCUT2D eigenvalue weighted by atomic mass is 35.5. The lowest BCUT2D eigenvalue weighted by atomic mass is 10.1. The fourth-order valence-electron chi connectivity index (χ4n) is 2.02. The molecule has 0 unspecified atom stereocenters. The van der Waals surface area contributed by atoms with E-state index < -0.39 is 0 Å². The predicted octanol–water partition coefficient (Wildman–Crippen LogP) is 2.91. The highest BCUT2D eigenvalue weighted by Crippen LogP contribution is 2.19. The van der Waals surface area contributed by atoms with Gasteiger partial charge in [-0.15, -0.1) is 0 Å². The Balaban J connectivity index is 2.02. The van der Waals surface area contributed by atoms with Gasteiger partial charge in [0.1, 0.15) is 6.54 Å². The summed E-state index contributed by atoms with van der Waals surface area (Å²) in [6, 6.07) is 6.79. The summed E-state index contributed by atoms with van der Waals surface area (Å²) in [5.74, 6) is -0.332. The Kier molecular flexibility index (Phi) is 5.76. The van der Waals surface area contributed by atoms with Crippen LogP contribution < -0.4 is 5.32 Å². The average Bonchev–Trinajstić information content (AvgIpc) is 2.94. The lowest BCUT2D eigenvalue weighted by Crippen LogP contribution is -2.15. The van der Waals surface area contributed by atoms with Crippen molar-refractivity contribution in [3.05, 3.63) is 46.6 Å². The van der Waals surface area contributed by atoms with E-state index >= 15 is 0 Å². The second kappa shape index (κ2) is 7.78. The fraction of sp³-hybridized carbons (Fsp3) is 0.312. The summed E-state index contributed by atoms with van der Waals surface area (Å²) in [7, 11) is 0. The summed E-state index contributed by atoms with van der Waals surface area (Å²) in [5.41, 5.74) is 1.44. The zero-order chi connectivity index (χ0) is 16.8. The van der Waals surface area contributed by atoms with Crippen LogP contribution >= 0.6 is 11.6 Å². The first-order valence-corrected chi connectivity index (χ1v) is 7.70. The van der Waals surface area contributed by atoms with Crippen molar-refractivity contribution in [3.8, 4) is 0 Å². The number of nitrogens with one attached hydrogen (secondary N) is 1. The number of rotatable bonds is 6. The molecule has 0 aliphatic heterocycles. The van der Waals surface area contributed by atoms with Crippen molar-refractivity contribution in [2.45, 2.75) is 26.8 Å². The van der Waals surface area contributed by atoms with Crippen LogP contribution in [0.1, 0.15) is 29.8 Å². The Morgan fingerprint density at radius 3 is 2.74 bits per heavy atom. The topological polar surface area (TPSA) is 73.2 Å². The summed E-state index contributed by atoms with van der Waals surface area (Å²) < 4.78 is 6.24. The molecule has 2 aromatic rings. The van der Waals surface area contributed by atoms with E-state index in [0.29, 0.717) is 23.0 Å². The molecule has 0 bridgehead atoms. The first kappa shape index (κ1) is 17.0. The first-order chi connectivity index (χ1) is 11.0. The van der Waals surface area contributed by atoms with E-state index in [1.54, 1.807) is 31.3 Å². The number of aromatic nitrogens is 2. The number of nitrogens with zero attached hydrogens (tertiary/aromatic N) is 2. The molecule has 6 nitrogen and oxygen atoms in total. The molecule has 0 radical (unpaired) electrons. The minimum Gasteiger partial charge on any atom is -0.465 e. The van der Waals surface area contributed by atoms with Gasteiger partial charge in [0.2, 0.25) is 0 Å². The highest BCUT2D eigenvalue weighted by Gasteiger charge is 2.11. The van der Waals surface area contributed by atoms with Gasteiger partial charge in [0.25, 0.3) is 5.91 Å². The number of ether oxygens (including phenoxy) is 1. The van der Waals surface area contributed by atoms with Gasteiger partial charge in [0.15, 0.2) is 5.82 Å². The Morgan fingerprint density at radius 1 is 1.30 bits per heavy atom. The van der Waals surface area contributed by atoms with Crippen molar-refractivity contribution >= 4 is 29.3 Å². The van der Waals surface area contributed by atoms with Crippen molar-refractivity contribution in [2.75, 3.05) is 11.9 Å². The van der Waals surface area contributed by atoms with Gasteiger partial charge in [-0.2, -0.15) is 5.10 Å². The molecule has 0 saturated carbocycles. The maximum atomic E-state index is 12.2. The quantitative estimate of drug-likeness (QED) is 0.824. The van der Waals surface area contributed by atoms with E-state index in [-0.39, 0.29) is 18.4 Å². The molecule has 1 amide bonds. The molecule has 7 heteroatoms. The molecule has 0 aliphatic carbocycles. The van der Waals surface area contributed by atoms with Crippen LogP contribution in [-0.4, -0.2) is 28.3 Å². The molecule has 0 spiro atoms. The van der Waals surface area contributed by atoms with Gasteiger partial charge >= 0.3 is 5.97 Å². The van der Waals surface area contributed by atoms with E-state index in [4.69, 9.17) is 16.3 Å². The van der Waals surface area contributed by atoms with Crippen LogP contribution in [0.4, 0.5) is 5.82 Å². The average molecular weight is 336 g/mol. The van der Waals surface area contributed by atoms with Gasteiger partial charge in [-0.3, -0.25) is 14.3 Å². The number of hydrogen-bond donors (Lipinski definition) is 1. The van der Waals surface area contributed by atoms with E-state index in [1.165, 1.54) is 4.68 Å². The minimum absolute atomic E-state index is 0.000730. The van der Waals surface area contributed by atoms with Crippen molar-refractivity contribution in [2.24, 2.45) is 0 Å². The number of esters is 1. The third-order valence-corrected chi connectivity index (χ3v) is 3.53. The molecular formula is C16H18ClN3O3. The SMILES string of the molecule is CCOC(=O)Cn1ccc(NC(=O)c2ccc(CC)c(Cl)c2)n1. The third kappa shape index (κ3) is 4.56. The molecular weight excluding hydrogens is 318 g/mol. The summed E-state index contributed by atoms with van der Waals surface area (Å²) in [4.78, 5) is 23.6. The number of aryl methyl sites for hydroxylation is 1. The van der Waals surface area contributed by atoms with Crippen LogP contribution in [0.2, 0.25) is 5.02 Å². The number of benzene rings is 1. The number of hydrogen-bond acceptors (Lipinski definition) is 4. The van der Waals surface area contributed by atoms with Crippen LogP contribution in [-0.2, 0) is 22.5 Å². The smallest absolute Gasteiger partial charge is 0.327 e. The number of carbonyl (C=O) groups excluding carboxylic acids is 2. The molecule has 23 heavy (non-hydrogen) atoms. The summed E-state index contributed by atoms with van der Waals surface area (Å²) in [5, 5.41) is 7.33. The molecule has 2 rings (SSSR count). The van der Waals surface area contributed by atoms with Crippen molar-refractivity contribution < 1.29 is 14.3 Å². The second-order valence-electron chi connectivity index (χ2n) is 4.82. The van der Waals surface area contributed by atoms with Gasteiger partial charge in [0, 0.05) is 22.8 Å². The lowest BCUT2D eigenvalue weighted by Gasteiger charge is -2.05. The normalized spacial score (nSPS) is 10.4. The summed E-state index contributed by atoms with van der Waals surface area (Å²) in [6.45, 7) is 4.05. The van der Waals surface area contributed by atoms with Crippen molar-refractivity contribution in [1.29, 1.82) is 0 Å². The van der Waals surface area contributed by atoms with E-state index in [2.05, 4.69) is 10.4 Å². The molecule has 1 aromatic heterocycles. The predicted molar refractivity (Wildman–Crippen MR) is 87.6 cm³/mol. The summed E-state index contributed by atoms with van der Waals surface area (Å²) in [6.07, 6.45) is 2.40. The van der Waals surface area contributed by atoms with E-state index in [1.807, 2.05) is 13.0 Å². The van der Waals surface area contributed by atoms with Crippen LogP contribution in [0.15, 0.2) is 30.5 Å². The molecule has 1 heterocycles. The second-order valence-corrected chi connectivity index (χ2v) is 5.22. The van der Waals surface area contributed by atoms with Gasteiger partial charge < -0.3 is 10.1 Å². The molecule has 0 atom stereocenters. The molecule has 1 aromatic carbocycles. The molecule has 122 valence electrons. The lowest BCUT2D eigenvalue weighted by molar-refractivity contribution is -0.144. The maximum absolute atomic E-state index is 12.2. The molecule has 1 N–H and O–H groups in total. The highest BCUT2D eigenvalue weighted by molar-refractivity contribution is 6.31. The Hall–Kier alpha value is -2.34. The Bertz CT molecular complexity index is 712. The first-order valence-electron chi connectivity index (χ1n) is 7.32.